The minimum Gasteiger partial charge on any atom is -0.316 e. The van der Waals surface area contributed by atoms with Gasteiger partial charge in [-0.05, 0) is 41.4 Å². The molecule has 2 rings (SSSR count). The van der Waals surface area contributed by atoms with E-state index in [1.807, 2.05) is 5.38 Å². The Labute approximate surface area is 115 Å². The van der Waals surface area contributed by atoms with Crippen molar-refractivity contribution in [3.63, 3.8) is 0 Å². The summed E-state index contributed by atoms with van der Waals surface area (Å²) in [4.78, 5) is 13.7. The Morgan fingerprint density at radius 1 is 1.65 bits per heavy atom. The summed E-state index contributed by atoms with van der Waals surface area (Å²) in [5, 5.41) is 5.39. The van der Waals surface area contributed by atoms with Gasteiger partial charge in [0.15, 0.2) is 0 Å². The van der Waals surface area contributed by atoms with Crippen molar-refractivity contribution in [1.29, 1.82) is 0 Å². The Balaban J connectivity index is 2.06. The van der Waals surface area contributed by atoms with E-state index in [0.29, 0.717) is 12.2 Å². The van der Waals surface area contributed by atoms with Crippen LogP contribution in [0.2, 0.25) is 0 Å². The second kappa shape index (κ2) is 5.63. The van der Waals surface area contributed by atoms with E-state index in [-0.39, 0.29) is 5.41 Å². The largest absolute Gasteiger partial charge is 0.316 e. The van der Waals surface area contributed by atoms with E-state index in [9.17, 15) is 4.79 Å². The predicted molar refractivity (Wildman–Crippen MR) is 75.6 cm³/mol. The molecular weight excluding hydrogens is 298 g/mol. The van der Waals surface area contributed by atoms with Crippen molar-refractivity contribution in [1.82, 2.24) is 5.32 Å². The highest BCUT2D eigenvalue weighted by molar-refractivity contribution is 9.10. The lowest BCUT2D eigenvalue weighted by Gasteiger charge is -2.25. The minimum absolute atomic E-state index is 0.0920. The van der Waals surface area contributed by atoms with Crippen LogP contribution in [0.5, 0.6) is 0 Å². The normalized spacial score (nSPS) is 24.1. The number of Topliss-reactive ketones (excluding diaryl/α,β-unsaturated/α-hetero) is 1. The van der Waals surface area contributed by atoms with Gasteiger partial charge in [0.2, 0.25) is 0 Å². The number of carbonyl (C=O) groups excluding carboxylic acids is 1. The van der Waals surface area contributed by atoms with Gasteiger partial charge in [-0.15, -0.1) is 11.3 Å². The van der Waals surface area contributed by atoms with Crippen molar-refractivity contribution in [2.24, 2.45) is 5.41 Å². The van der Waals surface area contributed by atoms with Gasteiger partial charge in [0.1, 0.15) is 5.78 Å². The Bertz CT molecular complexity index is 396. The van der Waals surface area contributed by atoms with Gasteiger partial charge in [-0.25, -0.2) is 0 Å². The number of thiophene rings is 1. The Kier molecular flexibility index (Phi) is 4.39. The van der Waals surface area contributed by atoms with E-state index in [4.69, 9.17) is 0 Å². The summed E-state index contributed by atoms with van der Waals surface area (Å²) in [6.45, 7) is 4.02. The molecule has 2 nitrogen and oxygen atoms in total. The Hall–Kier alpha value is -0.190. The molecule has 1 fully saturated rings. The molecule has 0 spiro atoms. The molecule has 1 aliphatic rings. The highest BCUT2D eigenvalue weighted by atomic mass is 79.9. The first kappa shape index (κ1) is 13.2. The van der Waals surface area contributed by atoms with Crippen LogP contribution in [0.15, 0.2) is 15.9 Å². The summed E-state index contributed by atoms with van der Waals surface area (Å²) in [5.41, 5.74) is -0.0920. The predicted octanol–water partition coefficient (Wildman–Crippen LogP) is 3.40. The first-order chi connectivity index (χ1) is 8.16. The average Bonchev–Trinajstić information content (AvgIpc) is 2.89. The molecule has 1 saturated heterocycles. The van der Waals surface area contributed by atoms with E-state index in [1.165, 1.54) is 4.88 Å². The van der Waals surface area contributed by atoms with Crippen LogP contribution in [0.1, 0.15) is 31.1 Å². The maximum absolute atomic E-state index is 12.5. The van der Waals surface area contributed by atoms with Crippen LogP contribution in [0.25, 0.3) is 0 Å². The third-order valence-electron chi connectivity index (χ3n) is 3.52. The van der Waals surface area contributed by atoms with Crippen LogP contribution >= 0.6 is 27.3 Å². The fourth-order valence-electron chi connectivity index (χ4n) is 2.61. The maximum atomic E-state index is 12.5. The molecule has 94 valence electrons. The number of halogens is 1. The SMILES string of the molecule is CCCC1(C(=O)Cc2cc(Br)cs2)CCNC1. The number of ketones is 1. The third-order valence-corrected chi connectivity index (χ3v) is 5.22. The van der Waals surface area contributed by atoms with Crippen molar-refractivity contribution < 1.29 is 4.79 Å². The molecule has 1 unspecified atom stereocenters. The van der Waals surface area contributed by atoms with Crippen LogP contribution in [-0.2, 0) is 11.2 Å². The summed E-state index contributed by atoms with van der Waals surface area (Å²) < 4.78 is 1.08. The summed E-state index contributed by atoms with van der Waals surface area (Å²) in [6.07, 6.45) is 3.71. The lowest BCUT2D eigenvalue weighted by atomic mass is 9.77. The molecule has 0 saturated carbocycles. The summed E-state index contributed by atoms with van der Waals surface area (Å²) in [5.74, 6) is 0.415. The molecule has 1 atom stereocenters. The van der Waals surface area contributed by atoms with Crippen molar-refractivity contribution in [3.8, 4) is 0 Å². The number of carbonyl (C=O) groups is 1. The quantitative estimate of drug-likeness (QED) is 0.902. The first-order valence-corrected chi connectivity index (χ1v) is 7.80. The van der Waals surface area contributed by atoms with Crippen molar-refractivity contribution in [2.45, 2.75) is 32.6 Å². The lowest BCUT2D eigenvalue weighted by molar-refractivity contribution is -0.127. The number of hydrogen-bond donors (Lipinski definition) is 1. The van der Waals surface area contributed by atoms with Gasteiger partial charge in [-0.1, -0.05) is 13.3 Å². The molecule has 0 aromatic carbocycles. The topological polar surface area (TPSA) is 29.1 Å². The fraction of sp³-hybridized carbons (Fsp3) is 0.615. The highest BCUT2D eigenvalue weighted by Gasteiger charge is 2.39. The smallest absolute Gasteiger partial charge is 0.145 e. The van der Waals surface area contributed by atoms with Gasteiger partial charge in [0.05, 0.1) is 0 Å². The molecular formula is C13H18BrNOS. The molecule has 0 amide bonds. The molecule has 1 aliphatic heterocycles. The molecule has 1 aromatic rings. The molecule has 0 radical (unpaired) electrons. The molecule has 4 heteroatoms. The zero-order valence-corrected chi connectivity index (χ0v) is 12.5. The monoisotopic (exact) mass is 315 g/mol. The van der Waals surface area contributed by atoms with Crippen LogP contribution < -0.4 is 5.32 Å². The van der Waals surface area contributed by atoms with E-state index >= 15 is 0 Å². The Morgan fingerprint density at radius 2 is 2.47 bits per heavy atom. The molecule has 1 aromatic heterocycles. The second-order valence-corrected chi connectivity index (χ2v) is 6.70. The Morgan fingerprint density at radius 3 is 3.00 bits per heavy atom. The van der Waals surface area contributed by atoms with Crippen molar-refractivity contribution in [2.75, 3.05) is 13.1 Å². The van der Waals surface area contributed by atoms with Crippen LogP contribution in [0.4, 0.5) is 0 Å². The van der Waals surface area contributed by atoms with E-state index in [0.717, 1.165) is 36.8 Å². The van der Waals surface area contributed by atoms with E-state index in [1.54, 1.807) is 11.3 Å². The van der Waals surface area contributed by atoms with Crippen LogP contribution in [0.3, 0.4) is 0 Å². The van der Waals surface area contributed by atoms with E-state index < -0.39 is 0 Å². The molecule has 2 heterocycles. The molecule has 17 heavy (non-hydrogen) atoms. The maximum Gasteiger partial charge on any atom is 0.145 e. The number of hydrogen-bond acceptors (Lipinski definition) is 3. The number of rotatable bonds is 5. The van der Waals surface area contributed by atoms with Gasteiger partial charge in [0.25, 0.3) is 0 Å². The second-order valence-electron chi connectivity index (χ2n) is 4.79. The minimum atomic E-state index is -0.0920. The summed E-state index contributed by atoms with van der Waals surface area (Å²) >= 11 is 5.10. The van der Waals surface area contributed by atoms with Crippen molar-refractivity contribution in [3.05, 3.63) is 20.8 Å². The first-order valence-electron chi connectivity index (χ1n) is 6.13. The third kappa shape index (κ3) is 2.98. The van der Waals surface area contributed by atoms with Crippen LogP contribution in [0, 0.1) is 5.41 Å². The van der Waals surface area contributed by atoms with E-state index in [2.05, 4.69) is 34.2 Å². The van der Waals surface area contributed by atoms with Crippen LogP contribution in [-0.4, -0.2) is 18.9 Å². The van der Waals surface area contributed by atoms with Gasteiger partial charge >= 0.3 is 0 Å². The van der Waals surface area contributed by atoms with Crippen molar-refractivity contribution >= 4 is 33.0 Å². The summed E-state index contributed by atoms with van der Waals surface area (Å²) in [6, 6.07) is 2.06. The fourth-order valence-corrected chi connectivity index (χ4v) is 4.06. The molecule has 1 N–H and O–H groups in total. The molecule has 0 aliphatic carbocycles. The number of nitrogens with one attached hydrogen (secondary N) is 1. The lowest BCUT2D eigenvalue weighted by Crippen LogP contribution is -2.34. The summed E-state index contributed by atoms with van der Waals surface area (Å²) in [7, 11) is 0. The van der Waals surface area contributed by atoms with Gasteiger partial charge in [-0.2, -0.15) is 0 Å². The zero-order chi connectivity index (χ0) is 12.3. The average molecular weight is 316 g/mol. The standard InChI is InChI=1S/C13H18BrNOS/c1-2-3-13(4-5-15-9-13)12(16)7-11-6-10(14)8-17-11/h6,8,15H,2-5,7,9H2,1H3. The zero-order valence-electron chi connectivity index (χ0n) is 10.1. The van der Waals surface area contributed by atoms with Gasteiger partial charge in [-0.3, -0.25) is 4.79 Å². The van der Waals surface area contributed by atoms with Gasteiger partial charge < -0.3 is 5.32 Å². The highest BCUT2D eigenvalue weighted by Crippen LogP contribution is 2.34. The molecule has 0 bridgehead atoms. The van der Waals surface area contributed by atoms with Gasteiger partial charge in [0, 0.05) is 33.1 Å².